The fourth-order valence-electron chi connectivity index (χ4n) is 1.28. The first kappa shape index (κ1) is 60.4. The van der Waals surface area contributed by atoms with E-state index in [0.717, 1.165) is 17.8 Å². The summed E-state index contributed by atoms with van der Waals surface area (Å²) < 4.78 is 19.5. The molecule has 8 nitrogen and oxygen atoms in total. The number of allylic oxidation sites excluding steroid dienone is 4. The Morgan fingerprint density at radius 2 is 0.949 bits per heavy atom. The molecule has 8 heteroatoms. The van der Waals surface area contributed by atoms with E-state index in [0.29, 0.717) is 37.4 Å². The van der Waals surface area contributed by atoms with E-state index in [1.165, 1.54) is 0 Å². The zero-order valence-electron chi connectivity index (χ0n) is 20.8. The van der Waals surface area contributed by atoms with Gasteiger partial charge in [-0.1, -0.05) is 83.0 Å². The highest BCUT2D eigenvalue weighted by Crippen LogP contribution is 1.94. The van der Waals surface area contributed by atoms with Crippen LogP contribution in [0, 0.1) is 0 Å². The maximum atomic E-state index is 11.0. The van der Waals surface area contributed by atoms with Gasteiger partial charge in [0.2, 0.25) is 0 Å². The van der Waals surface area contributed by atoms with Gasteiger partial charge in [0.1, 0.15) is 0 Å². The molecule has 0 spiro atoms. The zero-order valence-corrected chi connectivity index (χ0v) is 20.8. The smallest absolute Gasteiger partial charge is 0.335 e. The Balaban J connectivity index is -0.0000000550. The normalized spacial score (nSPS) is 7.49. The maximum Gasteiger partial charge on any atom is 0.335 e. The molecule has 0 aromatic heterocycles. The first-order valence-electron chi connectivity index (χ1n) is 10.3. The predicted octanol–water partition coefficient (Wildman–Crippen LogP) is 8.32. The van der Waals surface area contributed by atoms with Crippen LogP contribution in [0.1, 0.15) is 85.1 Å². The van der Waals surface area contributed by atoms with E-state index in [-0.39, 0.29) is 58.1 Å². The summed E-state index contributed by atoms with van der Waals surface area (Å²) in [6.45, 7) is 29.3. The first-order chi connectivity index (χ1) is 15.5. The largest absolute Gasteiger partial charge is 0.435 e. The lowest BCUT2D eigenvalue weighted by Crippen LogP contribution is -2.25. The number of hydrogen-bond acceptors (Lipinski definition) is 8. The summed E-state index contributed by atoms with van der Waals surface area (Å²) in [5, 5.41) is 6.02. The fourth-order valence-corrected chi connectivity index (χ4v) is 1.28. The van der Waals surface area contributed by atoms with E-state index < -0.39 is 11.9 Å². The lowest BCUT2D eigenvalue weighted by atomic mass is 10.4. The summed E-state index contributed by atoms with van der Waals surface area (Å²) in [7, 11) is 0. The summed E-state index contributed by atoms with van der Waals surface area (Å²) >= 11 is 0. The molecule has 236 valence electrons. The average Bonchev–Trinajstić information content (AvgIpc) is 2.73. The van der Waals surface area contributed by atoms with Crippen LogP contribution in [0.25, 0.3) is 0 Å². The number of esters is 2. The Morgan fingerprint density at radius 1 is 0.641 bits per heavy atom. The average molecular weight is 563 g/mol. The van der Waals surface area contributed by atoms with E-state index in [1.54, 1.807) is 13.8 Å². The molecule has 0 rings (SSSR count). The molecule has 0 saturated heterocycles. The van der Waals surface area contributed by atoms with Crippen molar-refractivity contribution in [3.63, 3.8) is 0 Å². The van der Waals surface area contributed by atoms with Crippen molar-refractivity contribution >= 4 is 11.9 Å². The lowest BCUT2D eigenvalue weighted by Gasteiger charge is -2.07. The van der Waals surface area contributed by atoms with E-state index >= 15 is 0 Å². The highest BCUT2D eigenvalue weighted by molar-refractivity contribution is 5.87. The summed E-state index contributed by atoms with van der Waals surface area (Å²) in [6.07, 6.45) is 5.13. The Hall–Kier alpha value is -3.10. The van der Waals surface area contributed by atoms with Crippen molar-refractivity contribution in [1.29, 1.82) is 0 Å². The number of nitrogens with one attached hydrogen (secondary N) is 2. The van der Waals surface area contributed by atoms with Crippen LogP contribution in [0.5, 0.6) is 0 Å². The lowest BCUT2D eigenvalue weighted by molar-refractivity contribution is -0.153. The fraction of sp³-hybridized carbons (Fsp3) is 0.548. The van der Waals surface area contributed by atoms with Gasteiger partial charge in [-0.2, -0.15) is 0 Å². The molecule has 0 aliphatic rings. The molecule has 0 saturated carbocycles. The van der Waals surface area contributed by atoms with Crippen LogP contribution in [0.15, 0.2) is 74.2 Å². The van der Waals surface area contributed by atoms with Gasteiger partial charge in [-0.3, -0.25) is 0 Å². The molecule has 0 fully saturated rings. The second-order valence-corrected chi connectivity index (χ2v) is 6.73. The molecule has 0 aliphatic heterocycles. The van der Waals surface area contributed by atoms with Crippen LogP contribution in [0.4, 0.5) is 0 Å². The van der Waals surface area contributed by atoms with E-state index in [9.17, 15) is 9.59 Å². The Kier molecular flexibility index (Phi) is 69.5. The third kappa shape index (κ3) is 60.9. The van der Waals surface area contributed by atoms with Gasteiger partial charge in [-0.05, 0) is 40.5 Å². The zero-order chi connectivity index (χ0) is 26.1. The van der Waals surface area contributed by atoms with Crippen LogP contribution < -0.4 is 10.6 Å². The summed E-state index contributed by atoms with van der Waals surface area (Å²) in [4.78, 5) is 21.9. The van der Waals surface area contributed by atoms with Crippen molar-refractivity contribution in [2.75, 3.05) is 33.5 Å². The van der Waals surface area contributed by atoms with Gasteiger partial charge in [-0.25, -0.2) is 9.59 Å². The summed E-state index contributed by atoms with van der Waals surface area (Å²) in [6, 6.07) is 0. The van der Waals surface area contributed by atoms with Gasteiger partial charge in [0.05, 0.1) is 19.9 Å². The molecule has 39 heavy (non-hydrogen) atoms. The van der Waals surface area contributed by atoms with Crippen LogP contribution in [0.3, 0.4) is 0 Å². The minimum absolute atomic E-state index is 0. The van der Waals surface area contributed by atoms with Crippen LogP contribution in [0.2, 0.25) is 0 Å². The quantitative estimate of drug-likeness (QED) is 0.0637. The van der Waals surface area contributed by atoms with E-state index in [4.69, 9.17) is 18.9 Å². The first-order valence-corrected chi connectivity index (χ1v) is 10.3. The molecule has 0 radical (unpaired) electrons. The number of hydrogen-bond donors (Lipinski definition) is 2. The number of ether oxygens (including phenoxy) is 4. The van der Waals surface area contributed by atoms with E-state index in [2.05, 4.69) is 50.1 Å². The van der Waals surface area contributed by atoms with Crippen molar-refractivity contribution in [3.8, 4) is 0 Å². The molecule has 0 atom stereocenters. The molecule has 2 N–H and O–H groups in total. The maximum absolute atomic E-state index is 11.0. The number of carbonyl (C=O) groups is 2. The van der Waals surface area contributed by atoms with Crippen LogP contribution in [-0.4, -0.2) is 45.4 Å². The van der Waals surface area contributed by atoms with Gasteiger partial charge >= 0.3 is 11.9 Å². The van der Waals surface area contributed by atoms with Gasteiger partial charge in [0.25, 0.3) is 0 Å². The third-order valence-electron chi connectivity index (χ3n) is 2.93. The van der Waals surface area contributed by atoms with Crippen LogP contribution >= 0.6 is 0 Å². The molecule has 0 aromatic carbocycles. The second kappa shape index (κ2) is 44.9. The Labute approximate surface area is 243 Å². The van der Waals surface area contributed by atoms with Crippen molar-refractivity contribution in [2.24, 2.45) is 0 Å². The highest BCUT2D eigenvalue weighted by atomic mass is 16.7. The number of rotatable bonds is 16. The molecule has 0 aliphatic carbocycles. The molecule has 0 unspecified atom stereocenters. The Bertz CT molecular complexity index is 591. The topological polar surface area (TPSA) is 95.1 Å². The highest BCUT2D eigenvalue weighted by Gasteiger charge is 2.03. The Morgan fingerprint density at radius 3 is 1.15 bits per heavy atom. The van der Waals surface area contributed by atoms with Crippen molar-refractivity contribution in [2.45, 2.75) is 85.1 Å². The summed E-state index contributed by atoms with van der Waals surface area (Å²) in [5.74, 6) is -0.967. The van der Waals surface area contributed by atoms with Gasteiger partial charge in [0.15, 0.2) is 13.6 Å². The standard InChI is InChI=1S/C13H20O6.C7H14N2.C5H8.6CH4/c1-10(2)12(14)18-8-16-6-5-7-17-9-19-13(15)11(3)4;1-6(2)8-5-9-7(3)4;1-3-5-4-2;;;;;;/h1,3,5-9H2,2,4H3;8-9H,1,3,5H2,2,4H3;3-4H,1-2,5H2;6*1H4. The van der Waals surface area contributed by atoms with Crippen molar-refractivity contribution in [1.82, 2.24) is 10.6 Å². The van der Waals surface area contributed by atoms with Crippen LogP contribution in [-0.2, 0) is 28.5 Å². The van der Waals surface area contributed by atoms with Crippen molar-refractivity contribution < 1.29 is 28.5 Å². The van der Waals surface area contributed by atoms with Gasteiger partial charge < -0.3 is 29.6 Å². The third-order valence-corrected chi connectivity index (χ3v) is 2.93. The van der Waals surface area contributed by atoms with E-state index in [1.807, 2.05) is 26.0 Å². The molecule has 0 heterocycles. The van der Waals surface area contributed by atoms with Gasteiger partial charge in [0, 0.05) is 22.5 Å². The minimum atomic E-state index is -0.483. The molecular formula is C31H66N2O6. The molecule has 0 aromatic rings. The second-order valence-electron chi connectivity index (χ2n) is 6.73. The summed E-state index contributed by atoms with van der Waals surface area (Å²) in [5.41, 5.74) is 2.57. The molecule has 0 amide bonds. The molecule has 0 bridgehead atoms. The number of carbonyl (C=O) groups excluding carboxylic acids is 2. The predicted molar refractivity (Wildman–Crippen MR) is 174 cm³/mol. The van der Waals surface area contributed by atoms with Crippen molar-refractivity contribution in [3.05, 3.63) is 74.2 Å². The monoisotopic (exact) mass is 562 g/mol. The van der Waals surface area contributed by atoms with Gasteiger partial charge in [-0.15, -0.1) is 13.2 Å². The SMILES string of the molecule is C.C.C.C.C.C.C=C(C)C(=O)OCOCCCOCOC(=O)C(=C)C.C=C(C)NCNC(=C)C.C=CCC=C. The molecular weight excluding hydrogens is 496 g/mol. The minimum Gasteiger partial charge on any atom is -0.435 e.